The highest BCUT2D eigenvalue weighted by atomic mass is 79.9. The highest BCUT2D eigenvalue weighted by Crippen LogP contribution is 2.41. The van der Waals surface area contributed by atoms with E-state index in [4.69, 9.17) is 34.8 Å². The molecule has 1 rings (SSSR count). The summed E-state index contributed by atoms with van der Waals surface area (Å²) >= 11 is 19.8. The topological polar surface area (TPSA) is 20.2 Å². The number of hydrogen-bond donors (Lipinski definition) is 1. The molecular weight excluding hydrogens is 391 g/mol. The fraction of sp³-hybridized carbons (Fsp3) is 0.455. The first-order chi connectivity index (χ1) is 8.48. The summed E-state index contributed by atoms with van der Waals surface area (Å²) in [6, 6.07) is 4.31. The van der Waals surface area contributed by atoms with E-state index in [9.17, 15) is 18.3 Å². The normalized spacial score (nSPS) is 16.2. The van der Waals surface area contributed by atoms with Crippen molar-refractivity contribution in [1.29, 1.82) is 0 Å². The molecule has 1 aromatic rings. The largest absolute Gasteiger partial charge is 0.416 e. The van der Waals surface area contributed by atoms with E-state index in [1.54, 1.807) is 0 Å². The van der Waals surface area contributed by atoms with Gasteiger partial charge in [0.15, 0.2) is 3.79 Å². The third-order valence-electron chi connectivity index (χ3n) is 2.44. The Bertz CT molecular complexity index is 448. The smallest absolute Gasteiger partial charge is 0.384 e. The van der Waals surface area contributed by atoms with Gasteiger partial charge in [0.1, 0.15) is 5.60 Å². The van der Waals surface area contributed by atoms with Crippen LogP contribution in [0.2, 0.25) is 0 Å². The predicted octanol–water partition coefficient (Wildman–Crippen LogP) is 5.05. The molecular formula is C11H9BrCl3F3O. The van der Waals surface area contributed by atoms with Crippen LogP contribution < -0.4 is 0 Å². The number of rotatable bonds is 3. The molecule has 0 aliphatic rings. The van der Waals surface area contributed by atoms with Crippen molar-refractivity contribution in [2.75, 3.05) is 5.33 Å². The van der Waals surface area contributed by atoms with Gasteiger partial charge >= 0.3 is 6.18 Å². The zero-order valence-electron chi connectivity index (χ0n) is 9.32. The Morgan fingerprint density at radius 2 is 1.63 bits per heavy atom. The van der Waals surface area contributed by atoms with E-state index in [2.05, 4.69) is 15.9 Å². The highest BCUT2D eigenvalue weighted by molar-refractivity contribution is 9.09. The minimum atomic E-state index is -4.50. The quantitative estimate of drug-likeness (QED) is 0.704. The van der Waals surface area contributed by atoms with Crippen molar-refractivity contribution >= 4 is 50.7 Å². The maximum absolute atomic E-state index is 12.6. The molecule has 0 spiro atoms. The third kappa shape index (κ3) is 4.97. The van der Waals surface area contributed by atoms with Crippen LogP contribution in [0.15, 0.2) is 24.3 Å². The van der Waals surface area contributed by atoms with Crippen LogP contribution in [-0.4, -0.2) is 14.2 Å². The molecule has 0 amide bonds. The summed E-state index contributed by atoms with van der Waals surface area (Å²) < 4.78 is 36.1. The molecule has 0 saturated carbocycles. The number of aliphatic hydroxyl groups is 1. The van der Waals surface area contributed by atoms with Crippen LogP contribution in [0.1, 0.15) is 17.5 Å². The monoisotopic (exact) mass is 398 g/mol. The Morgan fingerprint density at radius 1 is 1.11 bits per heavy atom. The van der Waals surface area contributed by atoms with E-state index in [0.29, 0.717) is 0 Å². The number of hydrogen-bond acceptors (Lipinski definition) is 1. The summed E-state index contributed by atoms with van der Waals surface area (Å²) in [5.74, 6) is 0. The molecule has 0 aromatic heterocycles. The van der Waals surface area contributed by atoms with Crippen LogP contribution in [0.5, 0.6) is 0 Å². The van der Waals surface area contributed by atoms with Gasteiger partial charge in [-0.2, -0.15) is 13.2 Å². The van der Waals surface area contributed by atoms with Gasteiger partial charge in [-0.25, -0.2) is 0 Å². The van der Waals surface area contributed by atoms with E-state index in [-0.39, 0.29) is 17.3 Å². The zero-order valence-corrected chi connectivity index (χ0v) is 13.2. The fourth-order valence-corrected chi connectivity index (χ4v) is 2.73. The Kier molecular flexibility index (Phi) is 5.47. The van der Waals surface area contributed by atoms with Crippen LogP contribution in [0.3, 0.4) is 0 Å². The van der Waals surface area contributed by atoms with Gasteiger partial charge in [-0.15, -0.1) is 0 Å². The van der Waals surface area contributed by atoms with Gasteiger partial charge in [0.2, 0.25) is 0 Å². The van der Waals surface area contributed by atoms with Gasteiger partial charge in [0.05, 0.1) is 5.56 Å². The lowest BCUT2D eigenvalue weighted by molar-refractivity contribution is -0.137. The maximum Gasteiger partial charge on any atom is 0.416 e. The summed E-state index contributed by atoms with van der Waals surface area (Å²) in [5, 5.41) is 10.3. The molecule has 0 aliphatic carbocycles. The third-order valence-corrected chi connectivity index (χ3v) is 3.77. The van der Waals surface area contributed by atoms with Crippen molar-refractivity contribution < 1.29 is 18.3 Å². The maximum atomic E-state index is 12.6. The standard InChI is InChI=1S/C11H9BrCl3F3O/c12-6-9(19,5-10(13,14)15)7-2-1-3-8(4-7)11(16,17)18/h1-4,19H,5-6H2. The van der Waals surface area contributed by atoms with E-state index in [0.717, 1.165) is 12.1 Å². The average molecular weight is 400 g/mol. The second-order valence-corrected chi connectivity index (χ2v) is 7.11. The molecule has 108 valence electrons. The van der Waals surface area contributed by atoms with Gasteiger partial charge in [-0.1, -0.05) is 62.9 Å². The minimum absolute atomic E-state index is 0.0329. The van der Waals surface area contributed by atoms with E-state index in [1.165, 1.54) is 12.1 Å². The molecule has 0 fully saturated rings. The second kappa shape index (κ2) is 5.98. The van der Waals surface area contributed by atoms with Crippen LogP contribution in [0, 0.1) is 0 Å². The summed E-state index contributed by atoms with van der Waals surface area (Å²) in [7, 11) is 0. The van der Waals surface area contributed by atoms with Gasteiger partial charge in [-0.05, 0) is 17.7 Å². The van der Waals surface area contributed by atoms with Gasteiger partial charge in [0.25, 0.3) is 0 Å². The molecule has 8 heteroatoms. The first-order valence-corrected chi connectivity index (χ1v) is 7.26. The van der Waals surface area contributed by atoms with Gasteiger partial charge < -0.3 is 5.11 Å². The van der Waals surface area contributed by atoms with Crippen molar-refractivity contribution in [3.05, 3.63) is 35.4 Å². The molecule has 0 aliphatic heterocycles. The van der Waals surface area contributed by atoms with Crippen molar-refractivity contribution in [2.24, 2.45) is 0 Å². The van der Waals surface area contributed by atoms with Crippen LogP contribution in [0.4, 0.5) is 13.2 Å². The summed E-state index contributed by atoms with van der Waals surface area (Å²) in [5.41, 5.74) is -2.54. The van der Waals surface area contributed by atoms with Crippen LogP contribution >= 0.6 is 50.7 Å². The molecule has 1 nitrogen and oxygen atoms in total. The molecule has 19 heavy (non-hydrogen) atoms. The summed E-state index contributed by atoms with van der Waals surface area (Å²) in [4.78, 5) is 0. The van der Waals surface area contributed by atoms with Crippen LogP contribution in [-0.2, 0) is 11.8 Å². The molecule has 1 aromatic carbocycles. The number of halogens is 7. The Balaban J connectivity index is 3.19. The molecule has 0 radical (unpaired) electrons. The molecule has 1 N–H and O–H groups in total. The van der Waals surface area contributed by atoms with Crippen molar-refractivity contribution in [1.82, 2.24) is 0 Å². The lowest BCUT2D eigenvalue weighted by Gasteiger charge is -2.30. The van der Waals surface area contributed by atoms with E-state index in [1.807, 2.05) is 0 Å². The SMILES string of the molecule is OC(CBr)(CC(Cl)(Cl)Cl)c1cccc(C(F)(F)F)c1. The fourth-order valence-electron chi connectivity index (χ4n) is 1.54. The second-order valence-electron chi connectivity index (χ2n) is 4.04. The summed E-state index contributed by atoms with van der Waals surface area (Å²) in [6.07, 6.45) is -4.83. The van der Waals surface area contributed by atoms with E-state index < -0.39 is 21.1 Å². The molecule has 1 atom stereocenters. The first-order valence-electron chi connectivity index (χ1n) is 5.01. The van der Waals surface area contributed by atoms with E-state index >= 15 is 0 Å². The lowest BCUT2D eigenvalue weighted by Crippen LogP contribution is -2.33. The molecule has 0 heterocycles. The number of benzene rings is 1. The van der Waals surface area contributed by atoms with Gasteiger partial charge in [0, 0.05) is 11.8 Å². The summed E-state index contributed by atoms with van der Waals surface area (Å²) in [6.45, 7) is 0. The highest BCUT2D eigenvalue weighted by Gasteiger charge is 2.39. The Morgan fingerprint density at radius 3 is 2.05 bits per heavy atom. The average Bonchev–Trinajstić information content (AvgIpc) is 2.26. The predicted molar refractivity (Wildman–Crippen MR) is 74.0 cm³/mol. The van der Waals surface area contributed by atoms with Crippen molar-refractivity contribution in [3.63, 3.8) is 0 Å². The molecule has 0 bridgehead atoms. The van der Waals surface area contributed by atoms with Crippen molar-refractivity contribution in [2.45, 2.75) is 22.0 Å². The molecule has 0 saturated heterocycles. The van der Waals surface area contributed by atoms with Crippen molar-refractivity contribution in [3.8, 4) is 0 Å². The van der Waals surface area contributed by atoms with Gasteiger partial charge in [-0.3, -0.25) is 0 Å². The molecule has 1 unspecified atom stereocenters. The zero-order chi connectivity index (χ0) is 14.9. The number of alkyl halides is 7. The van der Waals surface area contributed by atoms with Crippen LogP contribution in [0.25, 0.3) is 0 Å². The lowest BCUT2D eigenvalue weighted by atomic mass is 9.91. The Hall–Kier alpha value is 0.320. The Labute approximate surface area is 131 Å². The minimum Gasteiger partial charge on any atom is -0.384 e. The first kappa shape index (κ1) is 17.4.